The van der Waals surface area contributed by atoms with Crippen LogP contribution in [0, 0.1) is 23.7 Å². The second-order valence-electron chi connectivity index (χ2n) is 32.7. The molecule has 0 radical (unpaired) electrons. The number of aliphatic hydroxyl groups excluding tert-OH is 1. The molecule has 4 unspecified atom stereocenters. The summed E-state index contributed by atoms with van der Waals surface area (Å²) in [5.74, 6) is 1.12. The van der Waals surface area contributed by atoms with Gasteiger partial charge in [-0.05, 0) is 49.4 Å². The molecule has 0 fully saturated rings. The minimum atomic E-state index is -4.97. The first-order valence-corrected chi connectivity index (χ1v) is 47.8. The molecule has 106 heavy (non-hydrogen) atoms. The number of unbranched alkanes of at least 4 members (excludes halogenated alkanes) is 48. The summed E-state index contributed by atoms with van der Waals surface area (Å²) >= 11 is 0. The Kier molecular flexibility index (Phi) is 74.3. The zero-order chi connectivity index (χ0) is 78.1. The lowest BCUT2D eigenvalue weighted by Gasteiger charge is -2.21. The largest absolute Gasteiger partial charge is 0.472 e. The second kappa shape index (κ2) is 75.7. The number of ether oxygens (including phenoxy) is 4. The van der Waals surface area contributed by atoms with Gasteiger partial charge in [-0.25, -0.2) is 9.13 Å². The number of carbonyl (C=O) groups is 4. The number of phosphoric ester groups is 2. The smallest absolute Gasteiger partial charge is 0.462 e. The first-order valence-electron chi connectivity index (χ1n) is 44.8. The molecule has 7 atom stereocenters. The van der Waals surface area contributed by atoms with E-state index >= 15 is 0 Å². The number of rotatable bonds is 84. The van der Waals surface area contributed by atoms with Gasteiger partial charge < -0.3 is 33.8 Å². The third-order valence-electron chi connectivity index (χ3n) is 21.0. The molecule has 0 saturated carbocycles. The van der Waals surface area contributed by atoms with Crippen LogP contribution in [-0.2, 0) is 65.4 Å². The van der Waals surface area contributed by atoms with Crippen molar-refractivity contribution in [3.8, 4) is 0 Å². The van der Waals surface area contributed by atoms with Crippen molar-refractivity contribution in [1.29, 1.82) is 0 Å². The van der Waals surface area contributed by atoms with E-state index < -0.39 is 97.5 Å². The van der Waals surface area contributed by atoms with Crippen LogP contribution in [-0.4, -0.2) is 96.7 Å². The average Bonchev–Trinajstić information content (AvgIpc) is 0.899. The molecule has 0 amide bonds. The summed E-state index contributed by atoms with van der Waals surface area (Å²) in [6.45, 7) is 14.4. The molecule has 0 aromatic carbocycles. The van der Waals surface area contributed by atoms with E-state index in [1.54, 1.807) is 0 Å². The Labute approximate surface area is 651 Å². The Bertz CT molecular complexity index is 2060. The predicted octanol–water partition coefficient (Wildman–Crippen LogP) is 26.3. The van der Waals surface area contributed by atoms with E-state index in [0.29, 0.717) is 25.7 Å². The van der Waals surface area contributed by atoms with Crippen molar-refractivity contribution in [2.24, 2.45) is 23.7 Å². The van der Waals surface area contributed by atoms with Gasteiger partial charge in [-0.1, -0.05) is 402 Å². The molecular weight excluding hydrogens is 1380 g/mol. The van der Waals surface area contributed by atoms with Crippen molar-refractivity contribution >= 4 is 39.5 Å². The lowest BCUT2D eigenvalue weighted by atomic mass is 9.99. The van der Waals surface area contributed by atoms with Gasteiger partial charge in [0, 0.05) is 25.7 Å². The van der Waals surface area contributed by atoms with Gasteiger partial charge in [0.1, 0.15) is 19.3 Å². The molecule has 630 valence electrons. The standard InChI is InChI=1S/C87H170O17P2/c1-9-79(7)65-57-49-41-32-26-19-15-13-11-12-14-16-22-29-35-45-53-61-69-86(91)103-82(73-97-84(89)67-59-51-43-34-28-21-18-17-20-27-33-42-50-58-66-80(8)10-2)75-101-105(93,94)99-71-81(88)72-100-106(95,96)102-76-83(74-98-85(90)68-60-52-44-38-37-40-48-56-64-78(5)6)104-87(92)70-62-54-46-36-30-24-23-25-31-39-47-55-63-77(3)4/h77-83,88H,9-76H2,1-8H3,(H,93,94)(H,95,96)/t79?,80?,81-,82-,83-/m1/s1. The normalized spacial score (nSPS) is 14.4. The van der Waals surface area contributed by atoms with Crippen LogP contribution in [0.2, 0.25) is 0 Å². The minimum absolute atomic E-state index is 0.106. The minimum Gasteiger partial charge on any atom is -0.462 e. The van der Waals surface area contributed by atoms with Crippen LogP contribution >= 0.6 is 15.6 Å². The SMILES string of the molecule is CCC(C)CCCCCCCCCCCCCCCCCCCCC(=O)O[C@H](COC(=O)CCCCCCCCCCCCCCCCC(C)CC)COP(=O)(O)OC[C@@H](O)COP(=O)(O)OC[C@@H](COC(=O)CCCCCCCCCCC(C)C)OC(=O)CCCCCCCCCCCCCCC(C)C. The third kappa shape index (κ3) is 77.4. The van der Waals surface area contributed by atoms with Crippen molar-refractivity contribution in [1.82, 2.24) is 0 Å². The van der Waals surface area contributed by atoms with E-state index in [-0.39, 0.29) is 25.7 Å². The maximum atomic E-state index is 13.2. The average molecular weight is 1550 g/mol. The van der Waals surface area contributed by atoms with E-state index in [1.807, 2.05) is 0 Å². The predicted molar refractivity (Wildman–Crippen MR) is 437 cm³/mol. The van der Waals surface area contributed by atoms with Gasteiger partial charge in [-0.15, -0.1) is 0 Å². The Morgan fingerprint density at radius 2 is 0.453 bits per heavy atom. The zero-order valence-electron chi connectivity index (χ0n) is 70.1. The van der Waals surface area contributed by atoms with Crippen LogP contribution in [0.25, 0.3) is 0 Å². The molecule has 0 aliphatic carbocycles. The molecule has 0 aromatic heterocycles. The monoisotopic (exact) mass is 1550 g/mol. The van der Waals surface area contributed by atoms with E-state index in [4.69, 9.17) is 37.0 Å². The highest BCUT2D eigenvalue weighted by molar-refractivity contribution is 7.47. The maximum absolute atomic E-state index is 13.2. The molecule has 0 rings (SSSR count). The van der Waals surface area contributed by atoms with Gasteiger partial charge >= 0.3 is 39.5 Å². The quantitative estimate of drug-likeness (QED) is 0.0222. The Morgan fingerprint density at radius 1 is 0.264 bits per heavy atom. The van der Waals surface area contributed by atoms with Crippen molar-refractivity contribution in [2.45, 2.75) is 472 Å². The number of phosphoric acid groups is 2. The molecule has 0 spiro atoms. The summed E-state index contributed by atoms with van der Waals surface area (Å²) in [6.07, 6.45) is 65.2. The van der Waals surface area contributed by atoms with E-state index in [9.17, 15) is 43.2 Å². The summed E-state index contributed by atoms with van der Waals surface area (Å²) in [4.78, 5) is 73.3. The summed E-state index contributed by atoms with van der Waals surface area (Å²) in [5, 5.41) is 10.7. The Morgan fingerprint density at radius 3 is 0.670 bits per heavy atom. The van der Waals surface area contributed by atoms with Crippen LogP contribution in [0.4, 0.5) is 0 Å². The van der Waals surface area contributed by atoms with Crippen molar-refractivity contribution in [3.05, 3.63) is 0 Å². The van der Waals surface area contributed by atoms with Crippen LogP contribution < -0.4 is 0 Å². The summed E-state index contributed by atoms with van der Waals surface area (Å²) in [7, 11) is -9.93. The molecule has 19 heteroatoms. The van der Waals surface area contributed by atoms with Crippen LogP contribution in [0.3, 0.4) is 0 Å². The fourth-order valence-corrected chi connectivity index (χ4v) is 15.0. The van der Waals surface area contributed by atoms with Crippen molar-refractivity contribution in [2.75, 3.05) is 39.6 Å². The Balaban J connectivity index is 5.24. The second-order valence-corrected chi connectivity index (χ2v) is 35.6. The van der Waals surface area contributed by atoms with Crippen LogP contribution in [0.1, 0.15) is 453 Å². The van der Waals surface area contributed by atoms with E-state index in [1.165, 1.54) is 257 Å². The number of carbonyl (C=O) groups excluding carboxylic acids is 4. The summed E-state index contributed by atoms with van der Waals surface area (Å²) in [6, 6.07) is 0. The van der Waals surface area contributed by atoms with Crippen LogP contribution in [0.15, 0.2) is 0 Å². The molecular formula is C87H170O17P2. The molecule has 0 aromatic rings. The lowest BCUT2D eigenvalue weighted by Crippen LogP contribution is -2.30. The summed E-state index contributed by atoms with van der Waals surface area (Å²) < 4.78 is 68.9. The van der Waals surface area contributed by atoms with E-state index in [0.717, 1.165) is 114 Å². The molecule has 0 bridgehead atoms. The zero-order valence-corrected chi connectivity index (χ0v) is 71.9. The van der Waals surface area contributed by atoms with Crippen LogP contribution in [0.5, 0.6) is 0 Å². The Hall–Kier alpha value is -1.94. The number of hydrogen-bond acceptors (Lipinski definition) is 15. The van der Waals surface area contributed by atoms with Gasteiger partial charge in [-0.3, -0.25) is 37.3 Å². The highest BCUT2D eigenvalue weighted by Gasteiger charge is 2.31. The molecule has 17 nitrogen and oxygen atoms in total. The molecule has 0 heterocycles. The van der Waals surface area contributed by atoms with Crippen molar-refractivity contribution < 1.29 is 80.2 Å². The molecule has 0 aliphatic heterocycles. The van der Waals surface area contributed by atoms with Gasteiger partial charge in [0.05, 0.1) is 26.4 Å². The van der Waals surface area contributed by atoms with Gasteiger partial charge in [0.2, 0.25) is 0 Å². The maximum Gasteiger partial charge on any atom is 0.472 e. The highest BCUT2D eigenvalue weighted by Crippen LogP contribution is 2.45. The highest BCUT2D eigenvalue weighted by atomic mass is 31.2. The third-order valence-corrected chi connectivity index (χ3v) is 22.9. The topological polar surface area (TPSA) is 237 Å². The fraction of sp³-hybridized carbons (Fsp3) is 0.954. The molecule has 0 saturated heterocycles. The van der Waals surface area contributed by atoms with Gasteiger partial charge in [0.15, 0.2) is 12.2 Å². The van der Waals surface area contributed by atoms with E-state index in [2.05, 4.69) is 55.4 Å². The van der Waals surface area contributed by atoms with Gasteiger partial charge in [-0.2, -0.15) is 0 Å². The first-order chi connectivity index (χ1) is 51.2. The van der Waals surface area contributed by atoms with Crippen molar-refractivity contribution in [3.63, 3.8) is 0 Å². The number of hydrogen-bond donors (Lipinski definition) is 3. The number of aliphatic hydroxyl groups is 1. The summed E-state index contributed by atoms with van der Waals surface area (Å²) in [5.41, 5.74) is 0. The lowest BCUT2D eigenvalue weighted by molar-refractivity contribution is -0.161. The number of esters is 4. The molecule has 0 aliphatic rings. The fourth-order valence-electron chi connectivity index (χ4n) is 13.4. The van der Waals surface area contributed by atoms with Gasteiger partial charge in [0.25, 0.3) is 0 Å². The molecule has 3 N–H and O–H groups in total. The first kappa shape index (κ1) is 104.